The van der Waals surface area contributed by atoms with Crippen LogP contribution in [0, 0.1) is 10.1 Å². The quantitative estimate of drug-likeness (QED) is 0.221. The molecule has 4 aliphatic heterocycles. The van der Waals surface area contributed by atoms with Gasteiger partial charge >= 0.3 is 11.9 Å². The molecule has 0 unspecified atom stereocenters. The number of nitro benzene ring substituents is 1. The Morgan fingerprint density at radius 2 is 1.47 bits per heavy atom. The van der Waals surface area contributed by atoms with Crippen LogP contribution in [-0.2, 0) is 50.3 Å². The van der Waals surface area contributed by atoms with Crippen LogP contribution >= 0.6 is 0 Å². The van der Waals surface area contributed by atoms with Crippen LogP contribution in [0.4, 0.5) is 11.4 Å². The van der Waals surface area contributed by atoms with Gasteiger partial charge in [0, 0.05) is 61.2 Å². The van der Waals surface area contributed by atoms with Gasteiger partial charge in [0.2, 0.25) is 5.72 Å². The highest BCUT2D eigenvalue weighted by atomic mass is 16.7. The van der Waals surface area contributed by atoms with E-state index >= 15 is 0 Å². The van der Waals surface area contributed by atoms with E-state index in [2.05, 4.69) is 0 Å². The number of fused-ring (bicyclic) bond motifs is 2. The van der Waals surface area contributed by atoms with E-state index in [9.17, 15) is 38.9 Å². The smallest absolute Gasteiger partial charge is 0.334 e. The summed E-state index contributed by atoms with van der Waals surface area (Å²) in [7, 11) is 0. The lowest BCUT2D eigenvalue weighted by Crippen LogP contribution is -2.60. The second kappa shape index (κ2) is 11.6. The molecule has 15 nitrogen and oxygen atoms in total. The molecule has 2 aromatic carbocycles. The Kier molecular flexibility index (Phi) is 7.77. The molecule has 4 heterocycles. The maximum atomic E-state index is 12.9. The van der Waals surface area contributed by atoms with Crippen molar-refractivity contribution >= 4 is 53.0 Å². The van der Waals surface area contributed by atoms with Gasteiger partial charge in [0.05, 0.1) is 23.2 Å². The largest absolute Gasteiger partial charge is 0.462 e. The monoisotopic (exact) mass is 646 g/mol. The topological polar surface area (TPSA) is 183 Å². The number of anilines is 1. The molecule has 0 radical (unpaired) electrons. The van der Waals surface area contributed by atoms with Crippen molar-refractivity contribution in [2.75, 3.05) is 11.4 Å². The summed E-state index contributed by atoms with van der Waals surface area (Å²) in [6.45, 7) is 3.95. The summed E-state index contributed by atoms with van der Waals surface area (Å²) in [4.78, 5) is 96.5. The molecule has 4 amide bonds. The molecule has 0 N–H and O–H groups in total. The molecule has 0 bridgehead atoms. The van der Waals surface area contributed by atoms with Crippen LogP contribution in [-0.4, -0.2) is 62.9 Å². The summed E-state index contributed by atoms with van der Waals surface area (Å²) in [5, 5.41) is 12.7. The number of nitro groups is 1. The van der Waals surface area contributed by atoms with Crippen LogP contribution in [0.25, 0.3) is 6.08 Å². The SMILES string of the molecule is CC1(C)c2ccccc2N(CCC(=O)ON2C(=O)CCC2=O)[C@@]12C=Cc1cc([N+](=O)[O-])cc(CCC(=O)ON3C(=O)CCC3=O)c1O2. The summed E-state index contributed by atoms with van der Waals surface area (Å²) in [5.74, 6) is -3.84. The van der Waals surface area contributed by atoms with Gasteiger partial charge in [-0.25, -0.2) is 9.59 Å². The van der Waals surface area contributed by atoms with Crippen molar-refractivity contribution < 1.29 is 48.1 Å². The van der Waals surface area contributed by atoms with Gasteiger partial charge in [0.15, 0.2) is 0 Å². The highest BCUT2D eigenvalue weighted by Crippen LogP contribution is 2.55. The average Bonchev–Trinajstić information content (AvgIpc) is 3.59. The molecule has 4 aliphatic rings. The summed E-state index contributed by atoms with van der Waals surface area (Å²) in [5.41, 5.74) is 0.0549. The number of imide groups is 2. The molecule has 1 spiro atoms. The maximum Gasteiger partial charge on any atom is 0.334 e. The van der Waals surface area contributed by atoms with Gasteiger partial charge in [-0.3, -0.25) is 29.3 Å². The van der Waals surface area contributed by atoms with Gasteiger partial charge in [-0.15, -0.1) is 10.1 Å². The number of amides is 4. The maximum absolute atomic E-state index is 12.9. The minimum Gasteiger partial charge on any atom is -0.462 e. The van der Waals surface area contributed by atoms with Crippen molar-refractivity contribution in [3.63, 3.8) is 0 Å². The Hall–Kier alpha value is -5.60. The van der Waals surface area contributed by atoms with Gasteiger partial charge in [0.25, 0.3) is 29.3 Å². The predicted octanol–water partition coefficient (Wildman–Crippen LogP) is 3.03. The third-order valence-electron chi connectivity index (χ3n) is 8.84. The third-order valence-corrected chi connectivity index (χ3v) is 8.84. The molecule has 2 fully saturated rings. The lowest BCUT2D eigenvalue weighted by Gasteiger charge is -2.47. The predicted molar refractivity (Wildman–Crippen MR) is 160 cm³/mol. The molecule has 47 heavy (non-hydrogen) atoms. The molecule has 1 atom stereocenters. The van der Waals surface area contributed by atoms with Gasteiger partial charge in [-0.05, 0) is 44.1 Å². The number of rotatable bonds is 9. The Morgan fingerprint density at radius 3 is 2.06 bits per heavy atom. The van der Waals surface area contributed by atoms with Crippen LogP contribution in [0.1, 0.15) is 69.1 Å². The number of carbonyl (C=O) groups excluding carboxylic acids is 6. The van der Waals surface area contributed by atoms with E-state index in [-0.39, 0.29) is 62.9 Å². The Bertz CT molecular complexity index is 1750. The van der Waals surface area contributed by atoms with Crippen molar-refractivity contribution in [2.24, 2.45) is 0 Å². The number of para-hydroxylation sites is 1. The molecule has 2 saturated heterocycles. The van der Waals surface area contributed by atoms with Crippen LogP contribution in [0.15, 0.2) is 42.5 Å². The summed E-state index contributed by atoms with van der Waals surface area (Å²) in [6.07, 6.45) is 2.64. The fourth-order valence-corrected chi connectivity index (χ4v) is 6.39. The first-order chi connectivity index (χ1) is 22.3. The number of ether oxygens (including phenoxy) is 1. The van der Waals surface area contributed by atoms with Crippen LogP contribution in [0.5, 0.6) is 5.75 Å². The van der Waals surface area contributed by atoms with Gasteiger partial charge in [0.1, 0.15) is 5.75 Å². The third kappa shape index (κ3) is 5.36. The molecular weight excluding hydrogens is 616 g/mol. The highest BCUT2D eigenvalue weighted by Gasteiger charge is 2.59. The average molecular weight is 647 g/mol. The van der Waals surface area contributed by atoms with Gasteiger partial charge < -0.3 is 19.3 Å². The number of non-ortho nitro benzene ring substituents is 1. The number of benzene rings is 2. The van der Waals surface area contributed by atoms with E-state index < -0.39 is 51.6 Å². The molecule has 244 valence electrons. The van der Waals surface area contributed by atoms with Gasteiger partial charge in [-0.1, -0.05) is 18.2 Å². The standard InChI is InChI=1S/C32H30N4O11/c1-31(2)22-5-3-4-6-23(22)33(16-14-29(42)47-35-26(39)10-11-27(35)40)32(31)15-13-20-18-21(36(43)44)17-19(30(20)45-32)7-12-28(41)46-34-24(37)8-9-25(34)38/h3-6,13,15,17-18H,7-12,14,16H2,1-2H3/t32-/m1/s1. The first kappa shape index (κ1) is 31.4. The Labute approximate surface area is 267 Å². The van der Waals surface area contributed by atoms with Crippen molar-refractivity contribution in [3.05, 3.63) is 69.3 Å². The van der Waals surface area contributed by atoms with Gasteiger partial charge in [-0.2, -0.15) is 0 Å². The van der Waals surface area contributed by atoms with Crippen molar-refractivity contribution in [3.8, 4) is 5.75 Å². The molecular formula is C32H30N4O11. The fourth-order valence-electron chi connectivity index (χ4n) is 6.39. The second-order valence-corrected chi connectivity index (χ2v) is 12.0. The minimum absolute atomic E-state index is 0.0340. The van der Waals surface area contributed by atoms with Crippen molar-refractivity contribution in [1.82, 2.24) is 10.1 Å². The number of carbonyl (C=O) groups is 6. The van der Waals surface area contributed by atoms with Crippen LogP contribution in [0.2, 0.25) is 0 Å². The molecule has 0 aromatic heterocycles. The van der Waals surface area contributed by atoms with Crippen molar-refractivity contribution in [1.29, 1.82) is 0 Å². The molecule has 15 heteroatoms. The number of hydrogen-bond donors (Lipinski definition) is 0. The van der Waals surface area contributed by atoms with Crippen molar-refractivity contribution in [2.45, 2.75) is 69.9 Å². The zero-order valence-electron chi connectivity index (χ0n) is 25.6. The van der Waals surface area contributed by atoms with Crippen LogP contribution in [0.3, 0.4) is 0 Å². The van der Waals surface area contributed by atoms with E-state index in [1.54, 1.807) is 12.2 Å². The second-order valence-electron chi connectivity index (χ2n) is 12.0. The first-order valence-electron chi connectivity index (χ1n) is 15.0. The van der Waals surface area contributed by atoms with E-state index in [1.807, 2.05) is 43.0 Å². The van der Waals surface area contributed by atoms with E-state index in [1.165, 1.54) is 12.1 Å². The lowest BCUT2D eigenvalue weighted by molar-refractivity contribution is -0.385. The molecule has 0 aliphatic carbocycles. The van der Waals surface area contributed by atoms with E-state index in [4.69, 9.17) is 14.4 Å². The number of nitrogens with zero attached hydrogens (tertiary/aromatic N) is 4. The number of hydrogen-bond acceptors (Lipinski definition) is 12. The highest BCUT2D eigenvalue weighted by molar-refractivity contribution is 6.02. The Balaban J connectivity index is 1.30. The number of aryl methyl sites for hydroxylation is 1. The molecule has 0 saturated carbocycles. The van der Waals surface area contributed by atoms with Crippen LogP contribution < -0.4 is 9.64 Å². The number of hydroxylamine groups is 4. The first-order valence-corrected chi connectivity index (χ1v) is 15.0. The minimum atomic E-state index is -1.27. The summed E-state index contributed by atoms with van der Waals surface area (Å²) < 4.78 is 6.83. The zero-order chi connectivity index (χ0) is 33.7. The molecule has 2 aromatic rings. The summed E-state index contributed by atoms with van der Waals surface area (Å²) in [6, 6.07) is 10.1. The summed E-state index contributed by atoms with van der Waals surface area (Å²) >= 11 is 0. The van der Waals surface area contributed by atoms with E-state index in [0.717, 1.165) is 11.3 Å². The Morgan fingerprint density at radius 1 is 0.894 bits per heavy atom. The lowest BCUT2D eigenvalue weighted by atomic mass is 9.76. The fraction of sp³-hybridized carbons (Fsp3) is 0.375. The normalized spacial score (nSPS) is 20.9. The molecule has 6 rings (SSSR count). The van der Waals surface area contributed by atoms with E-state index in [0.29, 0.717) is 21.3 Å². The zero-order valence-corrected chi connectivity index (χ0v) is 25.6.